The Hall–Kier alpha value is -2.84. The Morgan fingerprint density at radius 1 is 1.00 bits per heavy atom. The van der Waals surface area contributed by atoms with Gasteiger partial charge in [-0.1, -0.05) is 0 Å². The minimum Gasteiger partial charge on any atom is -0.444 e. The lowest BCUT2D eigenvalue weighted by atomic mass is 9.53. The summed E-state index contributed by atoms with van der Waals surface area (Å²) < 4.78 is 19.0. The molecular formula is C25H35FN4O4. The van der Waals surface area contributed by atoms with E-state index >= 15 is 0 Å². The Balaban J connectivity index is 1.25. The molecule has 4 bridgehead atoms. The zero-order chi connectivity index (χ0) is 24.5. The fraction of sp³-hybridized carbons (Fsp3) is 0.640. The van der Waals surface area contributed by atoms with Crippen LogP contribution in [0.3, 0.4) is 0 Å². The molecular weight excluding hydrogens is 439 g/mol. The third-order valence-corrected chi connectivity index (χ3v) is 6.95. The van der Waals surface area contributed by atoms with Gasteiger partial charge in [0, 0.05) is 18.5 Å². The lowest BCUT2D eigenvalue weighted by Gasteiger charge is -2.56. The number of hydrogen-bond acceptors (Lipinski definition) is 4. The quantitative estimate of drug-likeness (QED) is 0.476. The van der Waals surface area contributed by atoms with Crippen molar-refractivity contribution in [3.05, 3.63) is 24.0 Å². The van der Waals surface area contributed by atoms with Crippen LogP contribution in [0.5, 0.6) is 0 Å². The fourth-order valence-corrected chi connectivity index (χ4v) is 6.19. The molecule has 1 aromatic rings. The topological polar surface area (TPSA) is 109 Å². The molecule has 0 heterocycles. The van der Waals surface area contributed by atoms with Gasteiger partial charge in [0.05, 0.1) is 11.4 Å². The molecule has 9 heteroatoms. The van der Waals surface area contributed by atoms with E-state index in [0.717, 1.165) is 43.1 Å². The van der Waals surface area contributed by atoms with Crippen LogP contribution in [0.2, 0.25) is 0 Å². The van der Waals surface area contributed by atoms with E-state index in [1.807, 2.05) is 0 Å². The highest BCUT2D eigenvalue weighted by molar-refractivity contribution is 5.98. The molecule has 4 aliphatic carbocycles. The molecule has 5 rings (SSSR count). The van der Waals surface area contributed by atoms with Gasteiger partial charge in [0.25, 0.3) is 0 Å². The van der Waals surface area contributed by atoms with Gasteiger partial charge >= 0.3 is 12.1 Å². The summed E-state index contributed by atoms with van der Waals surface area (Å²) in [5.74, 6) is 1.22. The van der Waals surface area contributed by atoms with Gasteiger partial charge in [-0.2, -0.15) is 0 Å². The first kappa shape index (κ1) is 24.3. The number of amides is 4. The molecule has 4 amide bonds. The second-order valence-corrected chi connectivity index (χ2v) is 11.2. The summed E-state index contributed by atoms with van der Waals surface area (Å²) in [6, 6.07) is 3.41. The minimum atomic E-state index is -0.711. The van der Waals surface area contributed by atoms with Gasteiger partial charge in [-0.05, 0) is 95.2 Å². The van der Waals surface area contributed by atoms with Crippen LogP contribution < -0.4 is 21.3 Å². The monoisotopic (exact) mass is 474 g/mol. The van der Waals surface area contributed by atoms with Gasteiger partial charge in [-0.25, -0.2) is 14.0 Å². The molecule has 34 heavy (non-hydrogen) atoms. The lowest BCUT2D eigenvalue weighted by molar-refractivity contribution is -0.116. The molecule has 1 aromatic carbocycles. The molecule has 8 nitrogen and oxygen atoms in total. The predicted octanol–water partition coefficient (Wildman–Crippen LogP) is 4.77. The third-order valence-electron chi connectivity index (χ3n) is 6.95. The van der Waals surface area contributed by atoms with Crippen molar-refractivity contribution in [2.75, 3.05) is 17.2 Å². The van der Waals surface area contributed by atoms with Crippen LogP contribution in [-0.4, -0.2) is 35.7 Å². The number of anilines is 2. The zero-order valence-corrected chi connectivity index (χ0v) is 20.1. The molecule has 0 aromatic heterocycles. The average molecular weight is 475 g/mol. The number of rotatable bonds is 6. The van der Waals surface area contributed by atoms with Crippen molar-refractivity contribution in [2.45, 2.75) is 76.9 Å². The van der Waals surface area contributed by atoms with E-state index in [1.165, 1.54) is 31.4 Å². The molecule has 4 N–H and O–H groups in total. The first-order valence-corrected chi connectivity index (χ1v) is 12.1. The van der Waals surface area contributed by atoms with Crippen LogP contribution in [-0.2, 0) is 9.53 Å². The Morgan fingerprint density at radius 2 is 1.62 bits per heavy atom. The largest absolute Gasteiger partial charge is 0.444 e. The van der Waals surface area contributed by atoms with E-state index in [4.69, 9.17) is 4.74 Å². The fourth-order valence-electron chi connectivity index (χ4n) is 6.19. The Labute approximate surface area is 199 Å². The minimum absolute atomic E-state index is 0.0106. The number of nitrogens with one attached hydrogen (secondary N) is 4. The molecule has 4 aliphatic rings. The molecule has 0 saturated heterocycles. The number of carbonyl (C=O) groups excluding carboxylic acids is 3. The first-order valence-electron chi connectivity index (χ1n) is 12.1. The Morgan fingerprint density at radius 3 is 2.21 bits per heavy atom. The maximum atomic E-state index is 13.8. The van der Waals surface area contributed by atoms with Gasteiger partial charge in [-0.15, -0.1) is 0 Å². The molecule has 0 radical (unpaired) electrons. The zero-order valence-electron chi connectivity index (χ0n) is 20.1. The highest BCUT2D eigenvalue weighted by atomic mass is 19.1. The highest BCUT2D eigenvalue weighted by Crippen LogP contribution is 2.55. The van der Waals surface area contributed by atoms with E-state index in [2.05, 4.69) is 21.3 Å². The lowest BCUT2D eigenvalue weighted by Crippen LogP contribution is -2.61. The van der Waals surface area contributed by atoms with Gasteiger partial charge in [0.15, 0.2) is 0 Å². The summed E-state index contributed by atoms with van der Waals surface area (Å²) in [5, 5.41) is 11.1. The standard InChI is InChI=1S/C25H35FN4O4/c1-24(2,3)34-23(33)29-19-5-4-18(26)11-20(19)28-21(31)6-7-27-22(32)30-25-12-15-8-16(13-25)10-17(9-15)14-25/h4-5,11,15-17H,6-10,12-14H2,1-3H3,(H,28,31)(H,29,33)(H2,27,30,32). The number of halogens is 1. The van der Waals surface area contributed by atoms with Crippen molar-refractivity contribution in [3.8, 4) is 0 Å². The van der Waals surface area contributed by atoms with Gasteiger partial charge in [-0.3, -0.25) is 10.1 Å². The third kappa shape index (κ3) is 6.18. The number of carbonyl (C=O) groups is 3. The average Bonchev–Trinajstić information content (AvgIpc) is 2.67. The predicted molar refractivity (Wildman–Crippen MR) is 127 cm³/mol. The van der Waals surface area contributed by atoms with Crippen molar-refractivity contribution < 1.29 is 23.5 Å². The number of benzene rings is 1. The van der Waals surface area contributed by atoms with Crippen LogP contribution in [0.4, 0.5) is 25.4 Å². The number of ether oxygens (including phenoxy) is 1. The highest BCUT2D eigenvalue weighted by Gasteiger charge is 2.51. The van der Waals surface area contributed by atoms with E-state index in [9.17, 15) is 18.8 Å². The molecule has 4 fully saturated rings. The van der Waals surface area contributed by atoms with Crippen molar-refractivity contribution in [2.24, 2.45) is 17.8 Å². The SMILES string of the molecule is CC(C)(C)OC(=O)Nc1ccc(F)cc1NC(=O)CCNC(=O)NC12CC3CC(CC(C3)C1)C2. The molecule has 0 spiro atoms. The summed E-state index contributed by atoms with van der Waals surface area (Å²) in [7, 11) is 0. The second kappa shape index (κ2) is 9.43. The van der Waals surface area contributed by atoms with Crippen LogP contribution in [0.1, 0.15) is 65.7 Å². The Bertz CT molecular complexity index is 923. The maximum Gasteiger partial charge on any atom is 0.412 e. The van der Waals surface area contributed by atoms with Crippen LogP contribution in [0.25, 0.3) is 0 Å². The van der Waals surface area contributed by atoms with E-state index in [1.54, 1.807) is 20.8 Å². The van der Waals surface area contributed by atoms with E-state index in [-0.39, 0.29) is 35.9 Å². The van der Waals surface area contributed by atoms with Crippen molar-refractivity contribution in [1.82, 2.24) is 10.6 Å². The van der Waals surface area contributed by atoms with Crippen LogP contribution >= 0.6 is 0 Å². The van der Waals surface area contributed by atoms with Gasteiger partial charge in [0.2, 0.25) is 5.91 Å². The van der Waals surface area contributed by atoms with E-state index in [0.29, 0.717) is 0 Å². The van der Waals surface area contributed by atoms with Crippen molar-refractivity contribution in [3.63, 3.8) is 0 Å². The molecule has 0 aliphatic heterocycles. The Kier molecular flexibility index (Phi) is 6.73. The summed E-state index contributed by atoms with van der Waals surface area (Å²) in [6.07, 6.45) is 6.36. The molecule has 186 valence electrons. The second-order valence-electron chi connectivity index (χ2n) is 11.2. The van der Waals surface area contributed by atoms with Crippen LogP contribution in [0.15, 0.2) is 18.2 Å². The molecule has 0 unspecified atom stereocenters. The van der Waals surface area contributed by atoms with Gasteiger partial charge < -0.3 is 20.7 Å². The number of hydrogen-bond donors (Lipinski definition) is 4. The normalized spacial score (nSPS) is 27.1. The van der Waals surface area contributed by atoms with Gasteiger partial charge in [0.1, 0.15) is 11.4 Å². The number of urea groups is 1. The van der Waals surface area contributed by atoms with Crippen LogP contribution in [0, 0.1) is 23.6 Å². The maximum absolute atomic E-state index is 13.8. The smallest absolute Gasteiger partial charge is 0.412 e. The van der Waals surface area contributed by atoms with E-state index < -0.39 is 23.4 Å². The van der Waals surface area contributed by atoms with Crippen molar-refractivity contribution in [1.29, 1.82) is 0 Å². The summed E-state index contributed by atoms with van der Waals surface area (Å²) in [4.78, 5) is 37.0. The molecule has 0 atom stereocenters. The summed E-state index contributed by atoms with van der Waals surface area (Å²) in [5.41, 5.74) is -0.453. The van der Waals surface area contributed by atoms with Crippen molar-refractivity contribution >= 4 is 29.4 Å². The summed E-state index contributed by atoms with van der Waals surface area (Å²) in [6.45, 7) is 5.33. The first-order chi connectivity index (χ1) is 16.0. The molecule has 4 saturated carbocycles. The summed E-state index contributed by atoms with van der Waals surface area (Å²) >= 11 is 0.